The Bertz CT molecular complexity index is 853. The molecule has 2 fully saturated rings. The molecule has 2 nitrogen and oxygen atoms in total. The van der Waals surface area contributed by atoms with Crippen LogP contribution in [0.25, 0.3) is 0 Å². The van der Waals surface area contributed by atoms with Gasteiger partial charge in [-0.15, -0.1) is 0 Å². The topological polar surface area (TPSA) is 40.5 Å². The van der Waals surface area contributed by atoms with Crippen LogP contribution in [0.1, 0.15) is 110 Å². The van der Waals surface area contributed by atoms with Gasteiger partial charge in [0.25, 0.3) is 0 Å². The average Bonchev–Trinajstić information content (AvgIpc) is 2.75. The molecular weight excluding hydrogens is 380 g/mol. The smallest absolute Gasteiger partial charge is 0.122 e. The summed E-state index contributed by atoms with van der Waals surface area (Å²) < 4.78 is 0. The van der Waals surface area contributed by atoms with Gasteiger partial charge in [-0.05, 0) is 72.6 Å². The van der Waals surface area contributed by atoms with E-state index in [1.165, 1.54) is 38.5 Å². The van der Waals surface area contributed by atoms with Gasteiger partial charge in [0, 0.05) is 17.5 Å². The van der Waals surface area contributed by atoms with Gasteiger partial charge >= 0.3 is 0 Å². The van der Waals surface area contributed by atoms with Gasteiger partial charge in [0.15, 0.2) is 0 Å². The van der Waals surface area contributed by atoms with E-state index in [4.69, 9.17) is 0 Å². The molecule has 0 amide bonds. The summed E-state index contributed by atoms with van der Waals surface area (Å²) in [6.45, 7) is 8.83. The maximum atomic E-state index is 11.4. The first-order valence-corrected chi connectivity index (χ1v) is 12.5. The summed E-state index contributed by atoms with van der Waals surface area (Å²) in [5.41, 5.74) is 6.42. The van der Waals surface area contributed by atoms with E-state index in [1.54, 1.807) is 0 Å². The predicted molar refractivity (Wildman–Crippen MR) is 129 cm³/mol. The molecule has 0 aromatic heterocycles. The molecule has 4 unspecified atom stereocenters. The van der Waals surface area contributed by atoms with Gasteiger partial charge in [0.2, 0.25) is 0 Å². The molecule has 0 bridgehead atoms. The van der Waals surface area contributed by atoms with Gasteiger partial charge in [-0.25, -0.2) is 0 Å². The number of hydrogen-bond acceptors (Lipinski definition) is 2. The lowest BCUT2D eigenvalue weighted by Crippen LogP contribution is -2.16. The van der Waals surface area contributed by atoms with Crippen LogP contribution in [0.15, 0.2) is 24.3 Å². The predicted octanol–water partition coefficient (Wildman–Crippen LogP) is 7.89. The Hall–Kier alpha value is -1.96. The van der Waals surface area contributed by atoms with Gasteiger partial charge in [0.1, 0.15) is 11.5 Å². The highest BCUT2D eigenvalue weighted by Gasteiger charge is 2.29. The van der Waals surface area contributed by atoms with Crippen LogP contribution < -0.4 is 0 Å². The number of hydrogen-bond donors (Lipinski definition) is 2. The van der Waals surface area contributed by atoms with Gasteiger partial charge in [0.05, 0.1) is 0 Å². The molecule has 0 heterocycles. The van der Waals surface area contributed by atoms with E-state index < -0.39 is 0 Å². The van der Waals surface area contributed by atoms with Crippen LogP contribution in [0.3, 0.4) is 0 Å². The minimum Gasteiger partial charge on any atom is -0.507 e. The van der Waals surface area contributed by atoms with Crippen molar-refractivity contribution < 1.29 is 10.2 Å². The van der Waals surface area contributed by atoms with Crippen LogP contribution >= 0.6 is 0 Å². The molecule has 0 radical (unpaired) electrons. The second-order valence-electron chi connectivity index (χ2n) is 10.5. The Kier molecular flexibility index (Phi) is 6.65. The first-order chi connectivity index (χ1) is 14.9. The minimum atomic E-state index is 0.442. The van der Waals surface area contributed by atoms with Gasteiger partial charge in [-0.1, -0.05) is 76.6 Å². The molecule has 2 aliphatic rings. The summed E-state index contributed by atoms with van der Waals surface area (Å²) in [4.78, 5) is 0. The number of rotatable bonds is 4. The van der Waals surface area contributed by atoms with Crippen molar-refractivity contribution in [1.82, 2.24) is 0 Å². The molecule has 2 aliphatic carbocycles. The van der Waals surface area contributed by atoms with Crippen LogP contribution in [0, 0.1) is 25.7 Å². The summed E-state index contributed by atoms with van der Waals surface area (Å²) >= 11 is 0. The summed E-state index contributed by atoms with van der Waals surface area (Å²) in [7, 11) is 0. The molecule has 4 rings (SSSR count). The lowest BCUT2D eigenvalue weighted by molar-refractivity contribution is 0.320. The van der Waals surface area contributed by atoms with Crippen molar-refractivity contribution in [2.24, 2.45) is 11.8 Å². The van der Waals surface area contributed by atoms with Crippen LogP contribution in [-0.2, 0) is 6.42 Å². The maximum Gasteiger partial charge on any atom is 0.122 e. The Morgan fingerprint density at radius 3 is 1.42 bits per heavy atom. The van der Waals surface area contributed by atoms with E-state index in [2.05, 4.69) is 52.0 Å². The zero-order valence-corrected chi connectivity index (χ0v) is 19.9. The molecule has 4 atom stereocenters. The zero-order chi connectivity index (χ0) is 22.1. The van der Waals surface area contributed by atoms with Crippen LogP contribution in [-0.4, -0.2) is 10.2 Å². The van der Waals surface area contributed by atoms with Crippen LogP contribution in [0.2, 0.25) is 0 Å². The third-order valence-electron chi connectivity index (χ3n) is 8.47. The van der Waals surface area contributed by atoms with Crippen molar-refractivity contribution in [3.8, 4) is 11.5 Å². The monoisotopic (exact) mass is 420 g/mol. The molecule has 2 heteroatoms. The molecule has 0 saturated heterocycles. The third-order valence-corrected chi connectivity index (χ3v) is 8.47. The van der Waals surface area contributed by atoms with Crippen molar-refractivity contribution in [2.45, 2.75) is 97.3 Å². The highest BCUT2D eigenvalue weighted by molar-refractivity contribution is 5.54. The fourth-order valence-corrected chi connectivity index (χ4v) is 6.29. The van der Waals surface area contributed by atoms with Crippen molar-refractivity contribution in [2.75, 3.05) is 0 Å². The largest absolute Gasteiger partial charge is 0.507 e. The Morgan fingerprint density at radius 1 is 0.645 bits per heavy atom. The first-order valence-electron chi connectivity index (χ1n) is 12.5. The Balaban J connectivity index is 1.71. The first kappa shape index (κ1) is 22.2. The van der Waals surface area contributed by atoms with Crippen molar-refractivity contribution in [3.63, 3.8) is 0 Å². The summed E-state index contributed by atoms with van der Waals surface area (Å²) in [6, 6.07) is 8.64. The number of aromatic hydroxyl groups is 2. The van der Waals surface area contributed by atoms with E-state index in [0.29, 0.717) is 41.6 Å². The normalized spacial score (nSPS) is 26.7. The summed E-state index contributed by atoms with van der Waals surface area (Å²) in [6.07, 6.45) is 10.5. The van der Waals surface area contributed by atoms with Crippen molar-refractivity contribution in [1.29, 1.82) is 0 Å². The van der Waals surface area contributed by atoms with E-state index in [-0.39, 0.29) is 0 Å². The lowest BCUT2D eigenvalue weighted by Gasteiger charge is -2.31. The molecular formula is C29H40O2. The lowest BCUT2D eigenvalue weighted by atomic mass is 9.74. The van der Waals surface area contributed by atoms with Crippen LogP contribution in [0.5, 0.6) is 11.5 Å². The number of phenolic OH excluding ortho intramolecular Hbond substituents is 2. The zero-order valence-electron chi connectivity index (χ0n) is 19.9. The molecule has 2 aromatic rings. The minimum absolute atomic E-state index is 0.442. The van der Waals surface area contributed by atoms with Crippen molar-refractivity contribution >= 4 is 0 Å². The molecule has 2 N–H and O–H groups in total. The van der Waals surface area contributed by atoms with E-state index >= 15 is 0 Å². The molecule has 0 spiro atoms. The second kappa shape index (κ2) is 9.27. The standard InChI is InChI=1S/C29H40O2/c1-18-9-5-7-11-22(18)24-15-13-20(3)26(28(24)30)17-27-21(4)14-16-25(29(27)31)23-12-8-6-10-19(23)2/h13-16,18-19,22-23,30-31H,5-12,17H2,1-4H3. The highest BCUT2D eigenvalue weighted by Crippen LogP contribution is 2.46. The fourth-order valence-electron chi connectivity index (χ4n) is 6.29. The summed E-state index contributed by atoms with van der Waals surface area (Å²) in [5.74, 6) is 3.04. The Labute approximate surface area is 188 Å². The van der Waals surface area contributed by atoms with Crippen molar-refractivity contribution in [3.05, 3.63) is 57.6 Å². The second-order valence-corrected chi connectivity index (χ2v) is 10.5. The SMILES string of the molecule is Cc1ccc(C2CCCCC2C)c(O)c1Cc1c(C)ccc(C2CCCCC2C)c1O. The van der Waals surface area contributed by atoms with Crippen LogP contribution in [0.4, 0.5) is 0 Å². The highest BCUT2D eigenvalue weighted by atomic mass is 16.3. The molecule has 168 valence electrons. The third kappa shape index (κ3) is 4.36. The number of aryl methyl sites for hydroxylation is 2. The number of phenols is 2. The molecule has 31 heavy (non-hydrogen) atoms. The number of benzene rings is 2. The van der Waals surface area contributed by atoms with Gasteiger partial charge in [-0.2, -0.15) is 0 Å². The quantitative estimate of drug-likeness (QED) is 0.528. The summed E-state index contributed by atoms with van der Waals surface area (Å²) in [5, 5.41) is 22.7. The van der Waals surface area contributed by atoms with Gasteiger partial charge in [-0.3, -0.25) is 0 Å². The maximum absolute atomic E-state index is 11.4. The average molecular weight is 421 g/mol. The van der Waals surface area contributed by atoms with Gasteiger partial charge < -0.3 is 10.2 Å². The van der Waals surface area contributed by atoms with E-state index in [1.807, 2.05) is 0 Å². The Morgan fingerprint density at radius 2 is 1.03 bits per heavy atom. The van der Waals surface area contributed by atoms with E-state index in [9.17, 15) is 10.2 Å². The molecule has 0 aliphatic heterocycles. The molecule has 2 saturated carbocycles. The fraction of sp³-hybridized carbons (Fsp3) is 0.586. The molecule has 2 aromatic carbocycles. The van der Waals surface area contributed by atoms with E-state index in [0.717, 1.165) is 46.2 Å².